The maximum atomic E-state index is 11.2. The number of unbranched alkanes of at least 4 members (excludes halogenated alkanes) is 2. The number of rotatable bonds is 9. The standard InChI is InChI=1S/C15H29NO2/c1-6-7-8-10-15(3,4)12-16-11-9-13(2)14(17)18-5/h9,16H,6-8,10-12H2,1-5H3/b13-9-. The van der Waals surface area contributed by atoms with Crippen molar-refractivity contribution in [2.24, 2.45) is 5.41 Å². The average Bonchev–Trinajstić information content (AvgIpc) is 2.33. The van der Waals surface area contributed by atoms with Crippen molar-refractivity contribution in [2.45, 2.75) is 53.4 Å². The first-order valence-corrected chi connectivity index (χ1v) is 6.88. The van der Waals surface area contributed by atoms with Crippen molar-refractivity contribution in [1.82, 2.24) is 5.32 Å². The van der Waals surface area contributed by atoms with Crippen LogP contribution in [0.15, 0.2) is 11.6 Å². The highest BCUT2D eigenvalue weighted by atomic mass is 16.5. The molecule has 3 heteroatoms. The Hall–Kier alpha value is -0.830. The van der Waals surface area contributed by atoms with E-state index in [0.717, 1.165) is 13.1 Å². The third-order valence-corrected chi connectivity index (χ3v) is 3.12. The average molecular weight is 255 g/mol. The molecule has 0 amide bonds. The van der Waals surface area contributed by atoms with Crippen molar-refractivity contribution in [3.8, 4) is 0 Å². The van der Waals surface area contributed by atoms with Crippen LogP contribution in [0.2, 0.25) is 0 Å². The van der Waals surface area contributed by atoms with Crippen LogP contribution in [0, 0.1) is 5.41 Å². The van der Waals surface area contributed by atoms with Crippen molar-refractivity contribution in [3.63, 3.8) is 0 Å². The molecule has 0 saturated heterocycles. The molecule has 0 saturated carbocycles. The van der Waals surface area contributed by atoms with Gasteiger partial charge in [0.15, 0.2) is 0 Å². The molecule has 0 aliphatic carbocycles. The van der Waals surface area contributed by atoms with E-state index in [1.807, 2.05) is 6.08 Å². The molecule has 0 rings (SSSR count). The summed E-state index contributed by atoms with van der Waals surface area (Å²) in [5, 5.41) is 3.38. The normalized spacial score (nSPS) is 12.6. The lowest BCUT2D eigenvalue weighted by molar-refractivity contribution is -0.136. The van der Waals surface area contributed by atoms with Gasteiger partial charge in [-0.15, -0.1) is 0 Å². The van der Waals surface area contributed by atoms with E-state index in [0.29, 0.717) is 11.0 Å². The number of carbonyl (C=O) groups excluding carboxylic acids is 1. The summed E-state index contributed by atoms with van der Waals surface area (Å²) in [4.78, 5) is 11.2. The van der Waals surface area contributed by atoms with Gasteiger partial charge in [-0.05, 0) is 18.8 Å². The SMILES string of the molecule is CCCCCC(C)(C)CNC/C=C(/C)C(=O)OC. The van der Waals surface area contributed by atoms with E-state index in [4.69, 9.17) is 0 Å². The summed E-state index contributed by atoms with van der Waals surface area (Å²) in [7, 11) is 1.41. The Bertz CT molecular complexity index is 270. The summed E-state index contributed by atoms with van der Waals surface area (Å²) in [6, 6.07) is 0. The fourth-order valence-corrected chi connectivity index (χ4v) is 1.82. The van der Waals surface area contributed by atoms with E-state index in [1.165, 1.54) is 32.8 Å². The number of nitrogens with one attached hydrogen (secondary N) is 1. The van der Waals surface area contributed by atoms with Gasteiger partial charge in [-0.3, -0.25) is 0 Å². The van der Waals surface area contributed by atoms with Crippen LogP contribution < -0.4 is 5.32 Å². The quantitative estimate of drug-likeness (QED) is 0.390. The lowest BCUT2D eigenvalue weighted by Gasteiger charge is -2.24. The maximum absolute atomic E-state index is 11.2. The van der Waals surface area contributed by atoms with E-state index in [9.17, 15) is 4.79 Å². The Morgan fingerprint density at radius 2 is 2.00 bits per heavy atom. The van der Waals surface area contributed by atoms with E-state index in [-0.39, 0.29) is 5.97 Å². The molecule has 0 heterocycles. The second-order valence-electron chi connectivity index (χ2n) is 5.63. The Morgan fingerprint density at radius 3 is 2.56 bits per heavy atom. The van der Waals surface area contributed by atoms with Crippen LogP contribution in [0.3, 0.4) is 0 Å². The summed E-state index contributed by atoms with van der Waals surface area (Å²) in [5.74, 6) is -0.251. The molecule has 0 unspecified atom stereocenters. The highest BCUT2D eigenvalue weighted by molar-refractivity contribution is 5.87. The third kappa shape index (κ3) is 8.29. The number of methoxy groups -OCH3 is 1. The maximum Gasteiger partial charge on any atom is 0.333 e. The Balaban J connectivity index is 3.85. The highest BCUT2D eigenvalue weighted by Gasteiger charge is 2.16. The summed E-state index contributed by atoms with van der Waals surface area (Å²) in [6.07, 6.45) is 7.00. The molecular formula is C15H29NO2. The molecule has 0 radical (unpaired) electrons. The van der Waals surface area contributed by atoms with E-state index in [2.05, 4.69) is 30.8 Å². The second-order valence-corrected chi connectivity index (χ2v) is 5.63. The van der Waals surface area contributed by atoms with Crippen molar-refractivity contribution in [2.75, 3.05) is 20.2 Å². The van der Waals surface area contributed by atoms with Gasteiger partial charge in [0.05, 0.1) is 7.11 Å². The number of hydrogen-bond acceptors (Lipinski definition) is 3. The van der Waals surface area contributed by atoms with Gasteiger partial charge in [-0.25, -0.2) is 4.79 Å². The third-order valence-electron chi connectivity index (χ3n) is 3.12. The first-order valence-electron chi connectivity index (χ1n) is 6.88. The monoisotopic (exact) mass is 255 g/mol. The predicted octanol–water partition coefficient (Wildman–Crippen LogP) is 3.30. The highest BCUT2D eigenvalue weighted by Crippen LogP contribution is 2.22. The Morgan fingerprint density at radius 1 is 1.33 bits per heavy atom. The second kappa shape index (κ2) is 9.15. The van der Waals surface area contributed by atoms with E-state index in [1.54, 1.807) is 6.92 Å². The van der Waals surface area contributed by atoms with Crippen molar-refractivity contribution < 1.29 is 9.53 Å². The van der Waals surface area contributed by atoms with Crippen LogP contribution in [0.4, 0.5) is 0 Å². The zero-order valence-electron chi connectivity index (χ0n) is 12.6. The molecule has 0 aromatic carbocycles. The van der Waals surface area contributed by atoms with Gasteiger partial charge in [0.1, 0.15) is 0 Å². The molecular weight excluding hydrogens is 226 g/mol. The fourth-order valence-electron chi connectivity index (χ4n) is 1.82. The molecule has 0 atom stereocenters. The zero-order chi connectivity index (χ0) is 14.0. The van der Waals surface area contributed by atoms with Gasteiger partial charge in [0.2, 0.25) is 0 Å². The van der Waals surface area contributed by atoms with Crippen molar-refractivity contribution in [1.29, 1.82) is 0 Å². The fraction of sp³-hybridized carbons (Fsp3) is 0.800. The molecule has 0 aromatic rings. The van der Waals surface area contributed by atoms with Crippen molar-refractivity contribution >= 4 is 5.97 Å². The summed E-state index contributed by atoms with van der Waals surface area (Å²) in [5.41, 5.74) is 0.983. The summed E-state index contributed by atoms with van der Waals surface area (Å²) in [6.45, 7) is 10.3. The predicted molar refractivity (Wildman–Crippen MR) is 76.6 cm³/mol. The summed E-state index contributed by atoms with van der Waals surface area (Å²) >= 11 is 0. The van der Waals surface area contributed by atoms with Gasteiger partial charge in [0, 0.05) is 18.7 Å². The number of hydrogen-bond donors (Lipinski definition) is 1. The van der Waals surface area contributed by atoms with Crippen LogP contribution >= 0.6 is 0 Å². The van der Waals surface area contributed by atoms with E-state index >= 15 is 0 Å². The molecule has 18 heavy (non-hydrogen) atoms. The first-order chi connectivity index (χ1) is 8.43. The van der Waals surface area contributed by atoms with Crippen LogP contribution in [-0.4, -0.2) is 26.2 Å². The van der Waals surface area contributed by atoms with Gasteiger partial charge < -0.3 is 10.1 Å². The number of carbonyl (C=O) groups is 1. The van der Waals surface area contributed by atoms with E-state index < -0.39 is 0 Å². The largest absolute Gasteiger partial charge is 0.466 e. The minimum Gasteiger partial charge on any atom is -0.466 e. The molecule has 0 aliphatic heterocycles. The molecule has 1 N–H and O–H groups in total. The molecule has 3 nitrogen and oxygen atoms in total. The molecule has 106 valence electrons. The van der Waals surface area contributed by atoms with Gasteiger partial charge in [-0.2, -0.15) is 0 Å². The topological polar surface area (TPSA) is 38.3 Å². The molecule has 0 aliphatic rings. The Kier molecular flexibility index (Phi) is 8.73. The Labute approximate surface area is 112 Å². The lowest BCUT2D eigenvalue weighted by Crippen LogP contribution is -2.29. The van der Waals surface area contributed by atoms with Gasteiger partial charge >= 0.3 is 5.97 Å². The number of ether oxygens (including phenoxy) is 1. The van der Waals surface area contributed by atoms with Crippen LogP contribution in [0.25, 0.3) is 0 Å². The first kappa shape index (κ1) is 17.2. The number of esters is 1. The smallest absolute Gasteiger partial charge is 0.333 e. The van der Waals surface area contributed by atoms with Crippen LogP contribution in [0.1, 0.15) is 53.4 Å². The van der Waals surface area contributed by atoms with Gasteiger partial charge in [0.25, 0.3) is 0 Å². The van der Waals surface area contributed by atoms with Crippen LogP contribution in [0.5, 0.6) is 0 Å². The summed E-state index contributed by atoms with van der Waals surface area (Å²) < 4.78 is 4.64. The minimum absolute atomic E-state index is 0.251. The molecule has 0 fully saturated rings. The zero-order valence-corrected chi connectivity index (χ0v) is 12.6. The van der Waals surface area contributed by atoms with Crippen molar-refractivity contribution in [3.05, 3.63) is 11.6 Å². The lowest BCUT2D eigenvalue weighted by atomic mass is 9.87. The van der Waals surface area contributed by atoms with Crippen LogP contribution in [-0.2, 0) is 9.53 Å². The van der Waals surface area contributed by atoms with Gasteiger partial charge in [-0.1, -0.05) is 46.1 Å². The molecule has 0 bridgehead atoms. The minimum atomic E-state index is -0.251. The molecule has 0 spiro atoms. The molecule has 0 aromatic heterocycles.